The third kappa shape index (κ3) is 1.85. The summed E-state index contributed by atoms with van der Waals surface area (Å²) in [5.41, 5.74) is 0.436. The summed E-state index contributed by atoms with van der Waals surface area (Å²) in [6.45, 7) is 0.323. The first-order chi connectivity index (χ1) is 8.71. The Labute approximate surface area is 112 Å². The van der Waals surface area contributed by atoms with Crippen LogP contribution in [0.15, 0.2) is 42.5 Å². The molecule has 18 heavy (non-hydrogen) atoms. The van der Waals surface area contributed by atoms with Gasteiger partial charge in [-0.25, -0.2) is 0 Å². The average Bonchev–Trinajstić information content (AvgIpc) is 2.95. The molecule has 0 heterocycles. The second kappa shape index (κ2) is 4.43. The van der Waals surface area contributed by atoms with Gasteiger partial charge in [-0.3, -0.25) is 4.79 Å². The van der Waals surface area contributed by atoms with E-state index >= 15 is 0 Å². The highest BCUT2D eigenvalue weighted by atomic mass is 35.5. The minimum Gasteiger partial charge on any atom is -0.460 e. The molecule has 3 heteroatoms. The predicted molar refractivity (Wildman–Crippen MR) is 70.2 cm³/mol. The molecule has 2 nitrogen and oxygen atoms in total. The zero-order valence-electron chi connectivity index (χ0n) is 10.0. The summed E-state index contributed by atoms with van der Waals surface area (Å²) in [4.78, 5) is 12.3. The zero-order chi connectivity index (χ0) is 12.6. The van der Waals surface area contributed by atoms with E-state index in [0.717, 1.165) is 18.4 Å². The smallest absolute Gasteiger partial charge is 0.317 e. The van der Waals surface area contributed by atoms with Crippen molar-refractivity contribution in [1.29, 1.82) is 0 Å². The molecule has 3 atom stereocenters. The Morgan fingerprint density at radius 3 is 2.78 bits per heavy atom. The third-order valence-corrected chi connectivity index (χ3v) is 4.49. The van der Waals surface area contributed by atoms with Gasteiger partial charge in [-0.1, -0.05) is 42.5 Å². The first-order valence-electron chi connectivity index (χ1n) is 6.25. The lowest BCUT2D eigenvalue weighted by molar-refractivity contribution is -0.153. The topological polar surface area (TPSA) is 26.3 Å². The minimum atomic E-state index is -0.568. The number of carbonyl (C=O) groups excluding carboxylic acids is 1. The molecule has 1 aromatic rings. The van der Waals surface area contributed by atoms with Crippen LogP contribution >= 0.6 is 11.6 Å². The number of hydrogen-bond donors (Lipinski definition) is 0. The van der Waals surface area contributed by atoms with Gasteiger partial charge in [0.05, 0.1) is 5.38 Å². The van der Waals surface area contributed by atoms with Crippen LogP contribution in [0.25, 0.3) is 0 Å². The first-order valence-corrected chi connectivity index (χ1v) is 6.69. The van der Waals surface area contributed by atoms with E-state index in [1.165, 1.54) is 0 Å². The fourth-order valence-electron chi connectivity index (χ4n) is 2.88. The molecule has 1 aromatic carbocycles. The van der Waals surface area contributed by atoms with Crippen molar-refractivity contribution in [3.8, 4) is 0 Å². The van der Waals surface area contributed by atoms with Gasteiger partial charge in [-0.15, -0.1) is 11.6 Å². The van der Waals surface area contributed by atoms with Crippen molar-refractivity contribution in [1.82, 2.24) is 0 Å². The number of halogens is 1. The van der Waals surface area contributed by atoms with Crippen molar-refractivity contribution in [3.05, 3.63) is 48.0 Å². The highest BCUT2D eigenvalue weighted by Gasteiger charge is 2.54. The lowest BCUT2D eigenvalue weighted by Crippen LogP contribution is -2.34. The van der Waals surface area contributed by atoms with E-state index in [4.69, 9.17) is 16.3 Å². The Morgan fingerprint density at radius 1 is 1.39 bits per heavy atom. The molecule has 2 aliphatic carbocycles. The number of benzene rings is 1. The maximum atomic E-state index is 12.3. The number of carbonyl (C=O) groups is 1. The number of hydrogen-bond acceptors (Lipinski definition) is 2. The fraction of sp³-hybridized carbons (Fsp3) is 0.400. The first kappa shape index (κ1) is 11.8. The fourth-order valence-corrected chi connectivity index (χ4v) is 3.36. The Bertz CT molecular complexity index is 483. The molecule has 1 fully saturated rings. The van der Waals surface area contributed by atoms with Crippen LogP contribution in [0.1, 0.15) is 18.4 Å². The van der Waals surface area contributed by atoms with Crippen molar-refractivity contribution in [2.75, 3.05) is 0 Å². The largest absolute Gasteiger partial charge is 0.460 e. The molecule has 0 unspecified atom stereocenters. The van der Waals surface area contributed by atoms with Gasteiger partial charge in [0.1, 0.15) is 12.0 Å². The summed E-state index contributed by atoms with van der Waals surface area (Å²) in [6.07, 6.45) is 5.75. The summed E-state index contributed by atoms with van der Waals surface area (Å²) in [5.74, 6) is 0.277. The van der Waals surface area contributed by atoms with Crippen molar-refractivity contribution < 1.29 is 9.53 Å². The SMILES string of the molecule is O=C(OCc1ccccc1)[C@@]12C=C[C@@H](C[C@@H]1Cl)C2. The predicted octanol–water partition coefficient (Wildman–Crippen LogP) is 3.30. The van der Waals surface area contributed by atoms with Gasteiger partial charge in [0.2, 0.25) is 0 Å². The average molecular weight is 263 g/mol. The molecule has 0 aromatic heterocycles. The van der Waals surface area contributed by atoms with Crippen LogP contribution in [-0.2, 0) is 16.1 Å². The molecular weight excluding hydrogens is 248 g/mol. The highest BCUT2D eigenvalue weighted by molar-refractivity contribution is 6.23. The van der Waals surface area contributed by atoms with Crippen LogP contribution < -0.4 is 0 Å². The monoisotopic (exact) mass is 262 g/mol. The maximum absolute atomic E-state index is 12.3. The van der Waals surface area contributed by atoms with Crippen molar-refractivity contribution >= 4 is 17.6 Å². The Morgan fingerprint density at radius 2 is 2.17 bits per heavy atom. The van der Waals surface area contributed by atoms with Crippen molar-refractivity contribution in [2.24, 2.45) is 11.3 Å². The molecule has 0 spiro atoms. The summed E-state index contributed by atoms with van der Waals surface area (Å²) in [5, 5.41) is -0.115. The van der Waals surface area contributed by atoms with Gasteiger partial charge in [0.25, 0.3) is 0 Å². The van der Waals surface area contributed by atoms with E-state index in [1.54, 1.807) is 0 Å². The maximum Gasteiger partial charge on any atom is 0.317 e. The quantitative estimate of drug-likeness (QED) is 0.475. The molecule has 2 aliphatic rings. The molecule has 3 rings (SSSR count). The number of allylic oxidation sites excluding steroid dienone is 1. The number of ether oxygens (including phenoxy) is 1. The standard InChI is InChI=1S/C15H15ClO2/c16-13-8-12-6-7-15(13,9-12)14(17)18-10-11-4-2-1-3-5-11/h1-7,12-13H,8-10H2/t12-,13-,15+/m0/s1. The number of fused-ring (bicyclic) bond motifs is 2. The lowest BCUT2D eigenvalue weighted by Gasteiger charge is -2.25. The summed E-state index contributed by atoms with van der Waals surface area (Å²) >= 11 is 6.29. The molecule has 1 saturated carbocycles. The van der Waals surface area contributed by atoms with Crippen LogP contribution in [0.2, 0.25) is 0 Å². The Kier molecular flexibility index (Phi) is 2.90. The van der Waals surface area contributed by atoms with Crippen LogP contribution in [-0.4, -0.2) is 11.3 Å². The summed E-state index contributed by atoms with van der Waals surface area (Å²) in [7, 11) is 0. The Hall–Kier alpha value is -1.28. The van der Waals surface area contributed by atoms with Crippen molar-refractivity contribution in [3.63, 3.8) is 0 Å². The number of esters is 1. The normalized spacial score (nSPS) is 32.7. The van der Waals surface area contributed by atoms with Gasteiger partial charge < -0.3 is 4.74 Å². The van der Waals surface area contributed by atoms with E-state index in [1.807, 2.05) is 36.4 Å². The van der Waals surface area contributed by atoms with Gasteiger partial charge in [-0.2, -0.15) is 0 Å². The zero-order valence-corrected chi connectivity index (χ0v) is 10.8. The lowest BCUT2D eigenvalue weighted by atomic mass is 9.87. The van der Waals surface area contributed by atoms with Crippen molar-refractivity contribution in [2.45, 2.75) is 24.8 Å². The molecule has 0 amide bonds. The summed E-state index contributed by atoms with van der Waals surface area (Å²) in [6, 6.07) is 9.72. The van der Waals surface area contributed by atoms with Gasteiger partial charge >= 0.3 is 5.97 Å². The van der Waals surface area contributed by atoms with E-state index in [0.29, 0.717) is 12.5 Å². The van der Waals surface area contributed by atoms with Gasteiger partial charge in [-0.05, 0) is 24.3 Å². The minimum absolute atomic E-state index is 0.115. The van der Waals surface area contributed by atoms with E-state index in [9.17, 15) is 4.79 Å². The van der Waals surface area contributed by atoms with Gasteiger partial charge in [0, 0.05) is 0 Å². The molecular formula is C15H15ClO2. The van der Waals surface area contributed by atoms with Crippen LogP contribution in [0.5, 0.6) is 0 Å². The van der Waals surface area contributed by atoms with E-state index < -0.39 is 5.41 Å². The van der Waals surface area contributed by atoms with Crippen LogP contribution in [0, 0.1) is 11.3 Å². The highest BCUT2D eigenvalue weighted by Crippen LogP contribution is 2.52. The second-order valence-electron chi connectivity index (χ2n) is 5.13. The number of rotatable bonds is 3. The molecule has 0 saturated heterocycles. The Balaban J connectivity index is 1.67. The molecule has 2 bridgehead atoms. The third-order valence-electron chi connectivity index (χ3n) is 3.93. The summed E-state index contributed by atoms with van der Waals surface area (Å²) < 4.78 is 5.43. The van der Waals surface area contributed by atoms with E-state index in [2.05, 4.69) is 6.08 Å². The molecule has 0 N–H and O–H groups in total. The molecule has 94 valence electrons. The van der Waals surface area contributed by atoms with Gasteiger partial charge in [0.15, 0.2) is 0 Å². The molecule has 0 aliphatic heterocycles. The van der Waals surface area contributed by atoms with Crippen LogP contribution in [0.3, 0.4) is 0 Å². The number of alkyl halides is 1. The van der Waals surface area contributed by atoms with E-state index in [-0.39, 0.29) is 11.3 Å². The van der Waals surface area contributed by atoms with Crippen LogP contribution in [0.4, 0.5) is 0 Å². The second-order valence-corrected chi connectivity index (χ2v) is 5.66. The molecule has 0 radical (unpaired) electrons.